The number of aryl methyl sites for hydroxylation is 2. The van der Waals surface area contributed by atoms with Crippen molar-refractivity contribution in [2.45, 2.75) is 26.3 Å². The van der Waals surface area contributed by atoms with Crippen LogP contribution in [-0.4, -0.2) is 11.1 Å². The molecule has 1 N–H and O–H groups in total. The van der Waals surface area contributed by atoms with Gasteiger partial charge in [-0.25, -0.2) is 0 Å². The molecule has 1 heterocycles. The van der Waals surface area contributed by atoms with Crippen molar-refractivity contribution in [3.63, 3.8) is 0 Å². The van der Waals surface area contributed by atoms with Crippen molar-refractivity contribution in [1.82, 2.24) is 10.5 Å². The highest BCUT2D eigenvalue weighted by Crippen LogP contribution is 2.25. The fourth-order valence-corrected chi connectivity index (χ4v) is 3.38. The molecule has 0 aliphatic carbocycles. The second kappa shape index (κ2) is 7.69. The van der Waals surface area contributed by atoms with E-state index in [1.165, 1.54) is 11.1 Å². The number of nitrogens with zero attached hydrogens (tertiary/aromatic N) is 1. The molecule has 1 atom stereocenters. The van der Waals surface area contributed by atoms with Gasteiger partial charge in [0.15, 0.2) is 5.58 Å². The van der Waals surface area contributed by atoms with Crippen molar-refractivity contribution in [3.8, 4) is 0 Å². The van der Waals surface area contributed by atoms with Crippen LogP contribution in [-0.2, 0) is 11.2 Å². The van der Waals surface area contributed by atoms with Crippen LogP contribution in [0.3, 0.4) is 0 Å². The van der Waals surface area contributed by atoms with E-state index in [9.17, 15) is 4.79 Å². The minimum atomic E-state index is -0.217. The van der Waals surface area contributed by atoms with E-state index in [4.69, 9.17) is 4.52 Å². The molecule has 3 aromatic carbocycles. The molecule has 0 saturated carbocycles. The van der Waals surface area contributed by atoms with Crippen LogP contribution in [0.1, 0.15) is 34.0 Å². The second-order valence-corrected chi connectivity index (χ2v) is 7.06. The van der Waals surface area contributed by atoms with Gasteiger partial charge in [-0.1, -0.05) is 65.8 Å². The number of carbonyl (C=O) groups is 1. The SMILES string of the molecule is Cc1ccc([C@H](NC(=O)Cc2noc3ccccc23)c2ccccc2)cc1C. The number of aromatic nitrogens is 1. The fourth-order valence-electron chi connectivity index (χ4n) is 3.38. The molecule has 1 aromatic heterocycles. The Morgan fingerprint density at radius 1 is 0.929 bits per heavy atom. The van der Waals surface area contributed by atoms with Crippen molar-refractivity contribution < 1.29 is 9.32 Å². The molecular formula is C24H22N2O2. The van der Waals surface area contributed by atoms with Gasteiger partial charge in [-0.2, -0.15) is 0 Å². The standard InChI is InChI=1S/C24H22N2O2/c1-16-12-13-19(14-17(16)2)24(18-8-4-3-5-9-18)25-23(27)15-21-20-10-6-7-11-22(20)28-26-21/h3-14,24H,15H2,1-2H3,(H,25,27)/t24-/m1/s1. The lowest BCUT2D eigenvalue weighted by atomic mass is 9.95. The van der Waals surface area contributed by atoms with Gasteiger partial charge in [0.05, 0.1) is 12.5 Å². The number of nitrogens with one attached hydrogen (secondary N) is 1. The van der Waals surface area contributed by atoms with Gasteiger partial charge < -0.3 is 9.84 Å². The summed E-state index contributed by atoms with van der Waals surface area (Å²) < 4.78 is 5.32. The zero-order valence-corrected chi connectivity index (χ0v) is 16.0. The minimum absolute atomic E-state index is 0.0915. The third-order valence-electron chi connectivity index (χ3n) is 5.08. The van der Waals surface area contributed by atoms with Crippen LogP contribution < -0.4 is 5.32 Å². The van der Waals surface area contributed by atoms with Crippen molar-refractivity contribution in [1.29, 1.82) is 0 Å². The molecule has 4 nitrogen and oxygen atoms in total. The largest absolute Gasteiger partial charge is 0.356 e. The van der Waals surface area contributed by atoms with E-state index in [2.05, 4.69) is 42.5 Å². The molecule has 0 radical (unpaired) electrons. The number of amides is 1. The molecule has 0 fully saturated rings. The minimum Gasteiger partial charge on any atom is -0.356 e. The van der Waals surface area contributed by atoms with E-state index in [0.717, 1.165) is 16.5 Å². The Labute approximate surface area is 164 Å². The first-order valence-corrected chi connectivity index (χ1v) is 9.36. The summed E-state index contributed by atoms with van der Waals surface area (Å²) in [4.78, 5) is 12.9. The molecule has 0 aliphatic heterocycles. The van der Waals surface area contributed by atoms with Gasteiger partial charge in [0.25, 0.3) is 0 Å². The van der Waals surface area contributed by atoms with E-state index in [1.54, 1.807) is 0 Å². The highest BCUT2D eigenvalue weighted by atomic mass is 16.5. The van der Waals surface area contributed by atoms with Gasteiger partial charge in [-0.3, -0.25) is 4.79 Å². The van der Waals surface area contributed by atoms with Crippen LogP contribution >= 0.6 is 0 Å². The molecule has 0 spiro atoms. The van der Waals surface area contributed by atoms with Gasteiger partial charge in [0.2, 0.25) is 5.91 Å². The summed E-state index contributed by atoms with van der Waals surface area (Å²) >= 11 is 0. The summed E-state index contributed by atoms with van der Waals surface area (Å²) in [5.74, 6) is -0.0915. The van der Waals surface area contributed by atoms with Crippen molar-refractivity contribution in [2.24, 2.45) is 0 Å². The Kier molecular flexibility index (Phi) is 4.94. The summed E-state index contributed by atoms with van der Waals surface area (Å²) in [6.45, 7) is 4.18. The summed E-state index contributed by atoms with van der Waals surface area (Å²) in [7, 11) is 0. The lowest BCUT2D eigenvalue weighted by molar-refractivity contribution is -0.121. The smallest absolute Gasteiger partial charge is 0.226 e. The molecule has 0 aliphatic rings. The summed E-state index contributed by atoms with van der Waals surface area (Å²) in [5, 5.41) is 8.13. The van der Waals surface area contributed by atoms with E-state index in [-0.39, 0.29) is 18.4 Å². The first-order chi connectivity index (χ1) is 13.6. The van der Waals surface area contributed by atoms with E-state index < -0.39 is 0 Å². The maximum absolute atomic E-state index is 12.9. The predicted octanol–water partition coefficient (Wildman–Crippen LogP) is 4.89. The number of carbonyl (C=O) groups excluding carboxylic acids is 1. The third kappa shape index (κ3) is 3.67. The monoisotopic (exact) mass is 370 g/mol. The average Bonchev–Trinajstić information content (AvgIpc) is 3.12. The highest BCUT2D eigenvalue weighted by molar-refractivity contribution is 5.86. The zero-order valence-electron chi connectivity index (χ0n) is 16.0. The van der Waals surface area contributed by atoms with Crippen LogP contribution in [0.4, 0.5) is 0 Å². The van der Waals surface area contributed by atoms with Crippen LogP contribution in [0.15, 0.2) is 77.3 Å². The van der Waals surface area contributed by atoms with Crippen molar-refractivity contribution in [2.75, 3.05) is 0 Å². The number of hydrogen-bond donors (Lipinski definition) is 1. The highest BCUT2D eigenvalue weighted by Gasteiger charge is 2.19. The lowest BCUT2D eigenvalue weighted by Gasteiger charge is -2.20. The molecule has 1 amide bonds. The third-order valence-corrected chi connectivity index (χ3v) is 5.08. The van der Waals surface area contributed by atoms with Gasteiger partial charge in [-0.15, -0.1) is 0 Å². The Bertz CT molecular complexity index is 1120. The maximum Gasteiger partial charge on any atom is 0.226 e. The predicted molar refractivity (Wildman–Crippen MR) is 110 cm³/mol. The van der Waals surface area contributed by atoms with Crippen molar-refractivity contribution in [3.05, 3.63) is 101 Å². The summed E-state index contributed by atoms with van der Waals surface area (Å²) in [5.41, 5.74) is 5.89. The second-order valence-electron chi connectivity index (χ2n) is 7.06. The Balaban J connectivity index is 1.62. The summed E-state index contributed by atoms with van der Waals surface area (Å²) in [6, 6.07) is 23.7. The quantitative estimate of drug-likeness (QED) is 0.544. The van der Waals surface area contributed by atoms with Crippen LogP contribution in [0.2, 0.25) is 0 Å². The number of benzene rings is 3. The normalized spacial score (nSPS) is 12.1. The average molecular weight is 370 g/mol. The number of para-hydroxylation sites is 1. The Hall–Kier alpha value is -3.40. The first-order valence-electron chi connectivity index (χ1n) is 9.36. The van der Waals surface area contributed by atoms with Gasteiger partial charge in [0, 0.05) is 5.39 Å². The number of hydrogen-bond acceptors (Lipinski definition) is 3. The fraction of sp³-hybridized carbons (Fsp3) is 0.167. The molecule has 0 bridgehead atoms. The topological polar surface area (TPSA) is 55.1 Å². The van der Waals surface area contributed by atoms with Crippen molar-refractivity contribution >= 4 is 16.9 Å². The molecule has 0 saturated heterocycles. The Morgan fingerprint density at radius 3 is 2.46 bits per heavy atom. The molecule has 4 aromatic rings. The van der Waals surface area contributed by atoms with Gasteiger partial charge >= 0.3 is 0 Å². The Morgan fingerprint density at radius 2 is 1.68 bits per heavy atom. The first kappa shape index (κ1) is 18.0. The molecule has 140 valence electrons. The maximum atomic E-state index is 12.9. The van der Waals surface area contributed by atoms with Gasteiger partial charge in [0.1, 0.15) is 5.69 Å². The van der Waals surface area contributed by atoms with E-state index in [1.807, 2.05) is 54.6 Å². The number of rotatable bonds is 5. The van der Waals surface area contributed by atoms with E-state index in [0.29, 0.717) is 11.3 Å². The van der Waals surface area contributed by atoms with Crippen LogP contribution in [0.5, 0.6) is 0 Å². The zero-order chi connectivity index (χ0) is 19.5. The molecular weight excluding hydrogens is 348 g/mol. The molecule has 28 heavy (non-hydrogen) atoms. The lowest BCUT2D eigenvalue weighted by Crippen LogP contribution is -2.30. The molecule has 4 rings (SSSR count). The van der Waals surface area contributed by atoms with Crippen LogP contribution in [0.25, 0.3) is 11.0 Å². The number of fused-ring (bicyclic) bond motifs is 1. The molecule has 4 heteroatoms. The van der Waals surface area contributed by atoms with Gasteiger partial charge in [-0.05, 0) is 48.2 Å². The molecule has 0 unspecified atom stereocenters. The van der Waals surface area contributed by atoms with Crippen LogP contribution in [0, 0.1) is 13.8 Å². The summed E-state index contributed by atoms with van der Waals surface area (Å²) in [6.07, 6.45) is 0.172. The van der Waals surface area contributed by atoms with E-state index >= 15 is 0 Å².